The Morgan fingerprint density at radius 1 is 1.73 bits per heavy atom. The van der Waals surface area contributed by atoms with Crippen molar-refractivity contribution < 1.29 is 5.11 Å². The number of hydrogen-bond donors (Lipinski definition) is 1. The number of aliphatic hydroxyl groups excluding tert-OH is 1. The van der Waals surface area contributed by atoms with Crippen LogP contribution in [0.5, 0.6) is 0 Å². The van der Waals surface area contributed by atoms with Gasteiger partial charge in [0.15, 0.2) is 0 Å². The summed E-state index contributed by atoms with van der Waals surface area (Å²) in [6.45, 7) is 1.82. The van der Waals surface area contributed by atoms with Crippen LogP contribution in [-0.2, 0) is 6.42 Å². The lowest BCUT2D eigenvalue weighted by Crippen LogP contribution is -1.99. The molecule has 0 saturated heterocycles. The molecule has 1 aromatic rings. The summed E-state index contributed by atoms with van der Waals surface area (Å²) in [7, 11) is 0. The molecule has 62 valence electrons. The summed E-state index contributed by atoms with van der Waals surface area (Å²) in [6, 6.07) is 2.10. The summed E-state index contributed by atoms with van der Waals surface area (Å²) in [5.74, 6) is 0. The molecule has 0 aliphatic rings. The fraction of sp³-hybridized carbons (Fsp3) is 0.500. The molecular formula is C8H11BrOS. The Bertz CT molecular complexity index is 220. The second kappa shape index (κ2) is 4.24. The Labute approximate surface area is 79.2 Å². The van der Waals surface area contributed by atoms with Crippen molar-refractivity contribution in [2.24, 2.45) is 0 Å². The third kappa shape index (κ3) is 3.36. The SMILES string of the molecule is C[C@@H](O)CCc1cc(Br)cs1. The van der Waals surface area contributed by atoms with E-state index in [9.17, 15) is 0 Å². The van der Waals surface area contributed by atoms with E-state index in [-0.39, 0.29) is 6.10 Å². The fourth-order valence-corrected chi connectivity index (χ4v) is 2.31. The average molecular weight is 235 g/mol. The predicted octanol–water partition coefficient (Wildman–Crippen LogP) is 2.82. The zero-order valence-electron chi connectivity index (χ0n) is 6.38. The van der Waals surface area contributed by atoms with Crippen LogP contribution in [0, 0.1) is 0 Å². The van der Waals surface area contributed by atoms with Crippen LogP contribution in [0.15, 0.2) is 15.9 Å². The van der Waals surface area contributed by atoms with Crippen LogP contribution in [0.2, 0.25) is 0 Å². The zero-order valence-corrected chi connectivity index (χ0v) is 8.78. The van der Waals surface area contributed by atoms with E-state index in [1.807, 2.05) is 6.92 Å². The van der Waals surface area contributed by atoms with Crippen molar-refractivity contribution in [3.63, 3.8) is 0 Å². The van der Waals surface area contributed by atoms with E-state index < -0.39 is 0 Å². The number of rotatable bonds is 3. The molecule has 0 radical (unpaired) electrons. The van der Waals surface area contributed by atoms with E-state index in [0.29, 0.717) is 0 Å². The van der Waals surface area contributed by atoms with Gasteiger partial charge in [-0.25, -0.2) is 0 Å². The van der Waals surface area contributed by atoms with Gasteiger partial charge in [-0.1, -0.05) is 0 Å². The van der Waals surface area contributed by atoms with E-state index in [1.165, 1.54) is 4.88 Å². The van der Waals surface area contributed by atoms with Gasteiger partial charge in [-0.05, 0) is 41.8 Å². The first-order valence-electron chi connectivity index (χ1n) is 3.59. The van der Waals surface area contributed by atoms with Gasteiger partial charge < -0.3 is 5.11 Å². The van der Waals surface area contributed by atoms with Gasteiger partial charge in [-0.2, -0.15) is 0 Å². The molecule has 0 bridgehead atoms. The summed E-state index contributed by atoms with van der Waals surface area (Å²) in [5, 5.41) is 11.1. The standard InChI is InChI=1S/C8H11BrOS/c1-6(10)2-3-8-4-7(9)5-11-8/h4-6,10H,2-3H2,1H3/t6-/m1/s1. The molecule has 1 nitrogen and oxygen atoms in total. The molecule has 1 atom stereocenters. The molecule has 11 heavy (non-hydrogen) atoms. The summed E-state index contributed by atoms with van der Waals surface area (Å²) in [4.78, 5) is 1.33. The van der Waals surface area contributed by atoms with E-state index >= 15 is 0 Å². The number of halogens is 1. The molecule has 0 unspecified atom stereocenters. The van der Waals surface area contributed by atoms with Crippen molar-refractivity contribution in [3.8, 4) is 0 Å². The Morgan fingerprint density at radius 3 is 2.91 bits per heavy atom. The molecule has 0 fully saturated rings. The Balaban J connectivity index is 2.39. The van der Waals surface area contributed by atoms with Gasteiger partial charge in [-0.15, -0.1) is 11.3 Å². The van der Waals surface area contributed by atoms with Gasteiger partial charge in [0.25, 0.3) is 0 Å². The molecular weight excluding hydrogens is 224 g/mol. The van der Waals surface area contributed by atoms with Crippen molar-refractivity contribution >= 4 is 27.3 Å². The smallest absolute Gasteiger partial charge is 0.0515 e. The summed E-state index contributed by atoms with van der Waals surface area (Å²) < 4.78 is 1.14. The van der Waals surface area contributed by atoms with Crippen LogP contribution >= 0.6 is 27.3 Å². The van der Waals surface area contributed by atoms with Gasteiger partial charge in [0.1, 0.15) is 0 Å². The van der Waals surface area contributed by atoms with Crippen LogP contribution in [0.1, 0.15) is 18.2 Å². The number of aryl methyl sites for hydroxylation is 1. The van der Waals surface area contributed by atoms with E-state index in [0.717, 1.165) is 17.3 Å². The minimum absolute atomic E-state index is 0.184. The summed E-state index contributed by atoms with van der Waals surface area (Å²) in [6.07, 6.45) is 1.65. The Kier molecular flexibility index (Phi) is 3.55. The van der Waals surface area contributed by atoms with Gasteiger partial charge in [0.05, 0.1) is 6.10 Å². The molecule has 0 saturated carbocycles. The highest BCUT2D eigenvalue weighted by Crippen LogP contribution is 2.21. The second-order valence-electron chi connectivity index (χ2n) is 2.62. The maximum absolute atomic E-state index is 9.01. The highest BCUT2D eigenvalue weighted by Gasteiger charge is 1.99. The summed E-state index contributed by atoms with van der Waals surface area (Å²) >= 11 is 5.12. The zero-order chi connectivity index (χ0) is 8.27. The van der Waals surface area contributed by atoms with Crippen LogP contribution in [0.25, 0.3) is 0 Å². The van der Waals surface area contributed by atoms with Crippen molar-refractivity contribution in [2.45, 2.75) is 25.9 Å². The van der Waals surface area contributed by atoms with Crippen molar-refractivity contribution in [1.29, 1.82) is 0 Å². The third-order valence-corrected chi connectivity index (χ3v) is 3.19. The Hall–Kier alpha value is 0.140. The highest BCUT2D eigenvalue weighted by molar-refractivity contribution is 9.10. The Morgan fingerprint density at radius 2 is 2.45 bits per heavy atom. The van der Waals surface area contributed by atoms with E-state index in [1.54, 1.807) is 11.3 Å². The molecule has 3 heteroatoms. The monoisotopic (exact) mass is 234 g/mol. The van der Waals surface area contributed by atoms with Gasteiger partial charge >= 0.3 is 0 Å². The van der Waals surface area contributed by atoms with E-state index in [4.69, 9.17) is 5.11 Å². The highest BCUT2D eigenvalue weighted by atomic mass is 79.9. The molecule has 1 rings (SSSR count). The summed E-state index contributed by atoms with van der Waals surface area (Å²) in [5.41, 5.74) is 0. The first-order valence-corrected chi connectivity index (χ1v) is 5.26. The second-order valence-corrected chi connectivity index (χ2v) is 4.53. The van der Waals surface area contributed by atoms with Gasteiger partial charge in [0, 0.05) is 14.7 Å². The molecule has 1 aromatic heterocycles. The van der Waals surface area contributed by atoms with Crippen molar-refractivity contribution in [2.75, 3.05) is 0 Å². The quantitative estimate of drug-likeness (QED) is 0.854. The molecule has 0 amide bonds. The van der Waals surface area contributed by atoms with Gasteiger partial charge in [-0.3, -0.25) is 0 Å². The maximum Gasteiger partial charge on any atom is 0.0515 e. The molecule has 0 spiro atoms. The topological polar surface area (TPSA) is 20.2 Å². The first kappa shape index (κ1) is 9.23. The maximum atomic E-state index is 9.01. The lowest BCUT2D eigenvalue weighted by atomic mass is 10.2. The molecule has 0 aromatic carbocycles. The molecule has 1 N–H and O–H groups in total. The largest absolute Gasteiger partial charge is 0.393 e. The van der Waals surface area contributed by atoms with Crippen LogP contribution in [0.4, 0.5) is 0 Å². The number of aliphatic hydroxyl groups is 1. The van der Waals surface area contributed by atoms with Crippen molar-refractivity contribution in [1.82, 2.24) is 0 Å². The number of hydrogen-bond acceptors (Lipinski definition) is 2. The number of thiophene rings is 1. The molecule has 0 aliphatic heterocycles. The fourth-order valence-electron chi connectivity index (χ4n) is 0.836. The van der Waals surface area contributed by atoms with Crippen LogP contribution < -0.4 is 0 Å². The van der Waals surface area contributed by atoms with Gasteiger partial charge in [0.2, 0.25) is 0 Å². The van der Waals surface area contributed by atoms with Crippen molar-refractivity contribution in [3.05, 3.63) is 20.8 Å². The first-order chi connectivity index (χ1) is 5.18. The minimum Gasteiger partial charge on any atom is -0.393 e. The normalized spacial score (nSPS) is 13.4. The van der Waals surface area contributed by atoms with Crippen LogP contribution in [-0.4, -0.2) is 11.2 Å². The third-order valence-electron chi connectivity index (χ3n) is 1.43. The van der Waals surface area contributed by atoms with E-state index in [2.05, 4.69) is 27.4 Å². The lowest BCUT2D eigenvalue weighted by molar-refractivity contribution is 0.185. The average Bonchev–Trinajstić information content (AvgIpc) is 2.31. The predicted molar refractivity (Wildman–Crippen MR) is 52.0 cm³/mol. The lowest BCUT2D eigenvalue weighted by Gasteiger charge is -2.00. The molecule has 1 heterocycles. The molecule has 0 aliphatic carbocycles. The minimum atomic E-state index is -0.184. The van der Waals surface area contributed by atoms with Crippen LogP contribution in [0.3, 0.4) is 0 Å².